The van der Waals surface area contributed by atoms with Gasteiger partial charge in [0.1, 0.15) is 5.75 Å². The second-order valence-electron chi connectivity index (χ2n) is 6.21. The van der Waals surface area contributed by atoms with Gasteiger partial charge >= 0.3 is 11.7 Å². The zero-order valence-electron chi connectivity index (χ0n) is 14.3. The number of hydrogen-bond acceptors (Lipinski definition) is 3. The van der Waals surface area contributed by atoms with Crippen molar-refractivity contribution in [2.24, 2.45) is 14.1 Å². The van der Waals surface area contributed by atoms with E-state index in [4.69, 9.17) is 4.74 Å². The van der Waals surface area contributed by atoms with Gasteiger partial charge in [-0.3, -0.25) is 9.13 Å². The minimum Gasteiger partial charge on any atom is -0.494 e. The molecule has 0 saturated carbocycles. The molecule has 9 heteroatoms. The number of nitrogens with zero attached hydrogens (tertiary/aromatic N) is 3. The maximum absolute atomic E-state index is 13.2. The fourth-order valence-corrected chi connectivity index (χ4v) is 3.02. The first-order chi connectivity index (χ1) is 11.7. The number of carbonyl (C=O) groups excluding carboxylic acids is 1. The van der Waals surface area contributed by atoms with E-state index in [2.05, 4.69) is 5.32 Å². The first-order valence-corrected chi connectivity index (χ1v) is 7.91. The molecule has 1 N–H and O–H groups in total. The summed E-state index contributed by atoms with van der Waals surface area (Å²) in [6, 6.07) is 2.84. The number of halogens is 2. The third kappa shape index (κ3) is 3.06. The minimum atomic E-state index is -2.71. The van der Waals surface area contributed by atoms with Gasteiger partial charge in [-0.25, -0.2) is 18.4 Å². The molecule has 1 aliphatic heterocycles. The molecule has 2 amide bonds. The smallest absolute Gasteiger partial charge is 0.328 e. The summed E-state index contributed by atoms with van der Waals surface area (Å²) < 4.78 is 34.7. The molecule has 0 unspecified atom stereocenters. The van der Waals surface area contributed by atoms with Crippen LogP contribution in [-0.4, -0.2) is 46.2 Å². The predicted octanol–water partition coefficient (Wildman–Crippen LogP) is 2.15. The Bertz CT molecular complexity index is 878. The van der Waals surface area contributed by atoms with Crippen molar-refractivity contribution >= 4 is 22.8 Å². The molecule has 3 rings (SSSR count). The van der Waals surface area contributed by atoms with Crippen LogP contribution in [0.2, 0.25) is 0 Å². The van der Waals surface area contributed by atoms with Gasteiger partial charge in [0, 0.05) is 46.1 Å². The molecule has 2 aromatic rings. The maximum Gasteiger partial charge on any atom is 0.328 e. The van der Waals surface area contributed by atoms with Crippen molar-refractivity contribution in [2.75, 3.05) is 25.5 Å². The molecule has 1 aliphatic rings. The predicted molar refractivity (Wildman–Crippen MR) is 89.5 cm³/mol. The van der Waals surface area contributed by atoms with Gasteiger partial charge in [0.05, 0.1) is 23.8 Å². The topological polar surface area (TPSA) is 68.5 Å². The number of fused-ring (bicyclic) bond motifs is 1. The number of urea groups is 1. The van der Waals surface area contributed by atoms with E-state index in [0.29, 0.717) is 22.5 Å². The lowest BCUT2D eigenvalue weighted by Crippen LogP contribution is -2.44. The number of hydrogen-bond donors (Lipinski definition) is 1. The van der Waals surface area contributed by atoms with Gasteiger partial charge in [-0.15, -0.1) is 0 Å². The van der Waals surface area contributed by atoms with E-state index in [0.717, 1.165) is 0 Å². The third-order valence-corrected chi connectivity index (χ3v) is 4.62. The zero-order valence-corrected chi connectivity index (χ0v) is 14.3. The van der Waals surface area contributed by atoms with Gasteiger partial charge < -0.3 is 15.0 Å². The molecule has 1 aromatic carbocycles. The molecule has 0 aliphatic carbocycles. The number of aromatic nitrogens is 2. The number of imidazole rings is 1. The van der Waals surface area contributed by atoms with Crippen LogP contribution in [0.5, 0.6) is 5.75 Å². The number of ether oxygens (including phenoxy) is 1. The Balaban J connectivity index is 1.89. The average molecular weight is 354 g/mol. The van der Waals surface area contributed by atoms with E-state index in [1.165, 1.54) is 21.1 Å². The number of aryl methyl sites for hydroxylation is 2. The summed E-state index contributed by atoms with van der Waals surface area (Å²) >= 11 is 0. The van der Waals surface area contributed by atoms with Crippen molar-refractivity contribution in [1.29, 1.82) is 0 Å². The summed E-state index contributed by atoms with van der Waals surface area (Å²) in [7, 11) is 4.74. The van der Waals surface area contributed by atoms with Crippen LogP contribution >= 0.6 is 0 Å². The van der Waals surface area contributed by atoms with E-state index < -0.39 is 12.0 Å². The van der Waals surface area contributed by atoms with Crippen molar-refractivity contribution in [3.05, 3.63) is 22.6 Å². The molecule has 136 valence electrons. The zero-order chi connectivity index (χ0) is 18.4. The van der Waals surface area contributed by atoms with Crippen LogP contribution in [-0.2, 0) is 14.1 Å². The Morgan fingerprint density at radius 3 is 2.28 bits per heavy atom. The Morgan fingerprint density at radius 1 is 1.16 bits per heavy atom. The van der Waals surface area contributed by atoms with Gasteiger partial charge in [0.2, 0.25) is 0 Å². The molecule has 7 nitrogen and oxygen atoms in total. The van der Waals surface area contributed by atoms with Crippen LogP contribution in [0, 0.1) is 0 Å². The van der Waals surface area contributed by atoms with Crippen LogP contribution in [0.15, 0.2) is 16.9 Å². The third-order valence-electron chi connectivity index (χ3n) is 4.62. The number of piperidine rings is 1. The highest BCUT2D eigenvalue weighted by molar-refractivity contribution is 5.94. The highest BCUT2D eigenvalue weighted by Crippen LogP contribution is 2.31. The summed E-state index contributed by atoms with van der Waals surface area (Å²) in [5, 5.41) is 2.70. The molecular weight excluding hydrogens is 334 g/mol. The average Bonchev–Trinajstić information content (AvgIpc) is 2.78. The van der Waals surface area contributed by atoms with E-state index in [1.807, 2.05) is 0 Å². The van der Waals surface area contributed by atoms with Crippen molar-refractivity contribution in [3.8, 4) is 5.75 Å². The number of rotatable bonds is 2. The highest BCUT2D eigenvalue weighted by Gasteiger charge is 2.35. The van der Waals surface area contributed by atoms with Crippen LogP contribution < -0.4 is 15.7 Å². The first-order valence-electron chi connectivity index (χ1n) is 7.91. The second kappa shape index (κ2) is 6.05. The number of anilines is 1. The minimum absolute atomic E-state index is 0.00673. The van der Waals surface area contributed by atoms with Crippen molar-refractivity contribution in [3.63, 3.8) is 0 Å². The molecule has 1 saturated heterocycles. The Hall–Kier alpha value is -2.58. The van der Waals surface area contributed by atoms with Crippen molar-refractivity contribution in [2.45, 2.75) is 18.8 Å². The number of methoxy groups -OCH3 is 1. The number of nitrogens with one attached hydrogen (secondary N) is 1. The van der Waals surface area contributed by atoms with Gasteiger partial charge in [-0.05, 0) is 6.07 Å². The van der Waals surface area contributed by atoms with E-state index >= 15 is 0 Å². The summed E-state index contributed by atoms with van der Waals surface area (Å²) in [5.74, 6) is -2.32. The molecule has 2 heterocycles. The standard InChI is InChI=1S/C16H20F2N4O3/c1-20-11-8-10(13(25-3)9-12(11)21(2)15(20)24)19-14(23)22-6-4-16(17,18)5-7-22/h8-9H,4-7H2,1-3H3,(H,19,23). The number of carbonyl (C=O) groups is 1. The van der Waals surface area contributed by atoms with Gasteiger partial charge in [0.25, 0.3) is 5.92 Å². The fraction of sp³-hybridized carbons (Fsp3) is 0.500. The Kier molecular flexibility index (Phi) is 4.18. The Labute approximate surface area is 142 Å². The molecule has 0 bridgehead atoms. The summed E-state index contributed by atoms with van der Waals surface area (Å²) in [5.41, 5.74) is 1.49. The number of benzene rings is 1. The SMILES string of the molecule is COc1cc2c(cc1NC(=O)N1CCC(F)(F)CC1)n(C)c(=O)n2C. The van der Waals surface area contributed by atoms with Crippen LogP contribution in [0.25, 0.3) is 11.0 Å². The van der Waals surface area contributed by atoms with E-state index in [1.54, 1.807) is 26.2 Å². The van der Waals surface area contributed by atoms with Crippen LogP contribution in [0.3, 0.4) is 0 Å². The normalized spacial score (nSPS) is 16.9. The molecule has 0 radical (unpaired) electrons. The number of likely N-dealkylation sites (tertiary alicyclic amines) is 1. The largest absolute Gasteiger partial charge is 0.494 e. The summed E-state index contributed by atoms with van der Waals surface area (Å²) in [6.45, 7) is -0.0135. The lowest BCUT2D eigenvalue weighted by atomic mass is 10.1. The molecule has 0 spiro atoms. The van der Waals surface area contributed by atoms with Gasteiger partial charge in [-0.2, -0.15) is 0 Å². The molecule has 1 fully saturated rings. The monoisotopic (exact) mass is 354 g/mol. The molecule has 0 atom stereocenters. The van der Waals surface area contributed by atoms with Crippen molar-refractivity contribution < 1.29 is 18.3 Å². The van der Waals surface area contributed by atoms with E-state index in [-0.39, 0.29) is 31.6 Å². The second-order valence-corrected chi connectivity index (χ2v) is 6.21. The Morgan fingerprint density at radius 2 is 1.72 bits per heavy atom. The molecular formula is C16H20F2N4O3. The molecule has 1 aromatic heterocycles. The van der Waals surface area contributed by atoms with Crippen LogP contribution in [0.1, 0.15) is 12.8 Å². The lowest BCUT2D eigenvalue weighted by Gasteiger charge is -2.31. The van der Waals surface area contributed by atoms with E-state index in [9.17, 15) is 18.4 Å². The number of alkyl halides is 2. The maximum atomic E-state index is 13.2. The lowest BCUT2D eigenvalue weighted by molar-refractivity contribution is -0.0461. The van der Waals surface area contributed by atoms with Gasteiger partial charge in [-0.1, -0.05) is 0 Å². The molecule has 25 heavy (non-hydrogen) atoms. The quantitative estimate of drug-likeness (QED) is 0.899. The summed E-state index contributed by atoms with van der Waals surface area (Å²) in [4.78, 5) is 25.8. The van der Waals surface area contributed by atoms with Crippen molar-refractivity contribution in [1.82, 2.24) is 14.0 Å². The number of amides is 2. The van der Waals surface area contributed by atoms with Gasteiger partial charge in [0.15, 0.2) is 0 Å². The first kappa shape index (κ1) is 17.2. The summed E-state index contributed by atoms with van der Waals surface area (Å²) in [6.07, 6.45) is -0.687. The van der Waals surface area contributed by atoms with Crippen LogP contribution in [0.4, 0.5) is 19.3 Å². The highest BCUT2D eigenvalue weighted by atomic mass is 19.3. The fourth-order valence-electron chi connectivity index (χ4n) is 3.02.